The van der Waals surface area contributed by atoms with E-state index in [1.54, 1.807) is 0 Å². The molecule has 5 rings (SSSR count). The monoisotopic (exact) mass is 619 g/mol. The standard InChI is InChI=1S/C33H38ClN5O5/c1-18-16-23(17-19(2)28(18)34)44-15-7-10-25-24-8-6-9-26(27-20(3)37-38(5)21(27)4)29(24)36-30(25)31(40)35-22-11-13-39(14-12-22)32(41)33(42)43/h6,8-9,16-17,22,36H,7,10-15H2,1-5H3,(H,35,40)(H,42,43). The van der Waals surface area contributed by atoms with Crippen LogP contribution in [0, 0.1) is 27.7 Å². The summed E-state index contributed by atoms with van der Waals surface area (Å²) in [5, 5.41) is 18.5. The number of hydrogen-bond donors (Lipinski definition) is 3. The van der Waals surface area contributed by atoms with Crippen LogP contribution in [-0.2, 0) is 23.1 Å². The number of fused-ring (bicyclic) bond motifs is 1. The zero-order chi connectivity index (χ0) is 31.7. The van der Waals surface area contributed by atoms with E-state index in [2.05, 4.69) is 15.4 Å². The molecular weight excluding hydrogens is 582 g/mol. The molecule has 2 aromatic heterocycles. The predicted molar refractivity (Wildman–Crippen MR) is 169 cm³/mol. The average Bonchev–Trinajstić information content (AvgIpc) is 3.49. The van der Waals surface area contributed by atoms with E-state index in [1.807, 2.05) is 69.8 Å². The molecule has 44 heavy (non-hydrogen) atoms. The average molecular weight is 620 g/mol. The number of piperidine rings is 1. The van der Waals surface area contributed by atoms with Crippen LogP contribution in [0.4, 0.5) is 0 Å². The van der Waals surface area contributed by atoms with Gasteiger partial charge in [-0.2, -0.15) is 5.10 Å². The van der Waals surface area contributed by atoms with Crippen molar-refractivity contribution in [2.75, 3.05) is 19.7 Å². The van der Waals surface area contributed by atoms with Crippen molar-refractivity contribution in [3.8, 4) is 16.9 Å². The van der Waals surface area contributed by atoms with Crippen LogP contribution in [0.1, 0.15) is 57.8 Å². The maximum absolute atomic E-state index is 13.8. The van der Waals surface area contributed by atoms with Crippen LogP contribution < -0.4 is 10.1 Å². The van der Waals surface area contributed by atoms with Crippen molar-refractivity contribution >= 4 is 40.3 Å². The molecule has 1 fully saturated rings. The fraction of sp³-hybridized carbons (Fsp3) is 0.394. The number of aromatic nitrogens is 3. The highest BCUT2D eigenvalue weighted by Gasteiger charge is 2.29. The normalized spacial score (nSPS) is 13.8. The first-order chi connectivity index (χ1) is 21.0. The molecular formula is C33H38ClN5O5. The third kappa shape index (κ3) is 6.17. The van der Waals surface area contributed by atoms with Gasteiger partial charge in [-0.15, -0.1) is 0 Å². The first-order valence-corrected chi connectivity index (χ1v) is 15.2. The zero-order valence-corrected chi connectivity index (χ0v) is 26.5. The molecule has 2 amide bonds. The van der Waals surface area contributed by atoms with Crippen LogP contribution in [0.25, 0.3) is 22.0 Å². The Morgan fingerprint density at radius 3 is 2.41 bits per heavy atom. The summed E-state index contributed by atoms with van der Waals surface area (Å²) in [5.41, 5.74) is 8.15. The van der Waals surface area contributed by atoms with Gasteiger partial charge in [0.1, 0.15) is 11.4 Å². The Kier molecular flexibility index (Phi) is 9.01. The van der Waals surface area contributed by atoms with E-state index in [0.29, 0.717) is 38.0 Å². The molecule has 0 unspecified atom stereocenters. The molecule has 0 aliphatic carbocycles. The van der Waals surface area contributed by atoms with Crippen molar-refractivity contribution in [3.63, 3.8) is 0 Å². The number of benzene rings is 2. The quantitative estimate of drug-likeness (QED) is 0.182. The fourth-order valence-corrected chi connectivity index (χ4v) is 6.26. The van der Waals surface area contributed by atoms with E-state index in [9.17, 15) is 14.4 Å². The van der Waals surface area contributed by atoms with Gasteiger partial charge in [-0.05, 0) is 82.2 Å². The molecule has 4 aromatic rings. The van der Waals surface area contributed by atoms with Crippen molar-refractivity contribution < 1.29 is 24.2 Å². The zero-order valence-electron chi connectivity index (χ0n) is 25.7. The molecule has 2 aromatic carbocycles. The van der Waals surface area contributed by atoms with Gasteiger partial charge in [-0.3, -0.25) is 14.3 Å². The van der Waals surface area contributed by atoms with Gasteiger partial charge in [0.2, 0.25) is 0 Å². The van der Waals surface area contributed by atoms with Gasteiger partial charge >= 0.3 is 11.9 Å². The second-order valence-corrected chi connectivity index (χ2v) is 11.9. The van der Waals surface area contributed by atoms with E-state index in [-0.39, 0.29) is 25.0 Å². The summed E-state index contributed by atoms with van der Waals surface area (Å²) in [7, 11) is 1.92. The highest BCUT2D eigenvalue weighted by Crippen LogP contribution is 2.36. The Morgan fingerprint density at radius 1 is 1.11 bits per heavy atom. The molecule has 0 atom stereocenters. The van der Waals surface area contributed by atoms with Crippen molar-refractivity contribution in [1.82, 2.24) is 25.0 Å². The summed E-state index contributed by atoms with van der Waals surface area (Å²) >= 11 is 6.32. The summed E-state index contributed by atoms with van der Waals surface area (Å²) in [6, 6.07) is 9.77. The minimum Gasteiger partial charge on any atom is -0.494 e. The van der Waals surface area contributed by atoms with E-state index in [1.165, 1.54) is 4.90 Å². The molecule has 0 bridgehead atoms. The van der Waals surface area contributed by atoms with Gasteiger partial charge in [0, 0.05) is 53.4 Å². The number of carboxylic acid groups (broad SMARTS) is 1. The summed E-state index contributed by atoms with van der Waals surface area (Å²) < 4.78 is 7.94. The highest BCUT2D eigenvalue weighted by atomic mass is 35.5. The maximum Gasteiger partial charge on any atom is 0.394 e. The second-order valence-electron chi connectivity index (χ2n) is 11.5. The van der Waals surface area contributed by atoms with Crippen LogP contribution in [0.2, 0.25) is 5.02 Å². The molecule has 11 heteroatoms. The minimum atomic E-state index is -1.46. The third-order valence-electron chi connectivity index (χ3n) is 8.50. The molecule has 0 radical (unpaired) electrons. The second kappa shape index (κ2) is 12.7. The third-order valence-corrected chi connectivity index (χ3v) is 9.09. The lowest BCUT2D eigenvalue weighted by Gasteiger charge is -2.31. The van der Waals surface area contributed by atoms with Crippen molar-refractivity contribution in [1.29, 1.82) is 0 Å². The number of rotatable bonds is 8. The van der Waals surface area contributed by atoms with Gasteiger partial charge < -0.3 is 25.0 Å². The van der Waals surface area contributed by atoms with Crippen LogP contribution in [0.15, 0.2) is 30.3 Å². The highest BCUT2D eigenvalue weighted by molar-refractivity contribution is 6.32. The van der Waals surface area contributed by atoms with Crippen LogP contribution >= 0.6 is 11.6 Å². The van der Waals surface area contributed by atoms with Gasteiger partial charge in [0.05, 0.1) is 17.8 Å². The van der Waals surface area contributed by atoms with Gasteiger partial charge in [0.15, 0.2) is 0 Å². The van der Waals surface area contributed by atoms with Gasteiger partial charge in [0.25, 0.3) is 5.91 Å². The van der Waals surface area contributed by atoms with Crippen LogP contribution in [-0.4, -0.2) is 68.3 Å². The Hall–Kier alpha value is -4.31. The number of ether oxygens (including phenoxy) is 1. The Labute approximate surface area is 261 Å². The number of carbonyl (C=O) groups excluding carboxylic acids is 2. The number of aryl methyl sites for hydroxylation is 5. The molecule has 1 saturated heterocycles. The van der Waals surface area contributed by atoms with Crippen LogP contribution in [0.5, 0.6) is 5.75 Å². The van der Waals surface area contributed by atoms with E-state index < -0.39 is 11.9 Å². The smallest absolute Gasteiger partial charge is 0.394 e. The number of hydrogen-bond acceptors (Lipinski definition) is 5. The Bertz CT molecular complexity index is 1730. The van der Waals surface area contributed by atoms with Crippen molar-refractivity contribution in [2.45, 2.75) is 59.4 Å². The predicted octanol–water partition coefficient (Wildman–Crippen LogP) is 5.27. The molecule has 3 heterocycles. The first-order valence-electron chi connectivity index (χ1n) is 14.8. The van der Waals surface area contributed by atoms with Crippen molar-refractivity contribution in [2.24, 2.45) is 7.05 Å². The van der Waals surface area contributed by atoms with Gasteiger partial charge in [-0.1, -0.05) is 29.8 Å². The molecule has 1 aliphatic heterocycles. The molecule has 10 nitrogen and oxygen atoms in total. The largest absolute Gasteiger partial charge is 0.494 e. The molecule has 3 N–H and O–H groups in total. The lowest BCUT2D eigenvalue weighted by molar-refractivity contribution is -0.156. The first kappa shape index (κ1) is 31.1. The number of H-pyrrole nitrogens is 1. The number of carbonyl (C=O) groups is 3. The number of halogens is 1. The molecule has 0 saturated carbocycles. The Balaban J connectivity index is 1.41. The number of likely N-dealkylation sites (tertiary alicyclic amines) is 1. The number of aliphatic carboxylic acids is 1. The SMILES string of the molecule is Cc1cc(OCCCc2c(C(=O)NC3CCN(C(=O)C(=O)O)CC3)[nH]c3c(-c4c(C)nn(C)c4C)cccc23)cc(C)c1Cl. The van der Waals surface area contributed by atoms with E-state index >= 15 is 0 Å². The summed E-state index contributed by atoms with van der Waals surface area (Å²) in [5.74, 6) is -1.84. The van der Waals surface area contributed by atoms with Crippen molar-refractivity contribution in [3.05, 3.63) is 69.1 Å². The number of amides is 2. The van der Waals surface area contributed by atoms with Gasteiger partial charge in [-0.25, -0.2) is 4.79 Å². The van der Waals surface area contributed by atoms with E-state index in [4.69, 9.17) is 21.4 Å². The number of para-hydroxylation sites is 1. The topological polar surface area (TPSA) is 130 Å². The number of nitrogens with zero attached hydrogens (tertiary/aromatic N) is 3. The van der Waals surface area contributed by atoms with E-state index in [0.717, 1.165) is 60.9 Å². The molecule has 0 spiro atoms. The summed E-state index contributed by atoms with van der Waals surface area (Å²) in [6.45, 7) is 8.94. The lowest BCUT2D eigenvalue weighted by Crippen LogP contribution is -2.48. The van der Waals surface area contributed by atoms with Crippen LogP contribution in [0.3, 0.4) is 0 Å². The number of nitrogens with one attached hydrogen (secondary N) is 2. The Morgan fingerprint density at radius 2 is 1.80 bits per heavy atom. The lowest BCUT2D eigenvalue weighted by atomic mass is 9.98. The molecule has 1 aliphatic rings. The maximum atomic E-state index is 13.8. The number of carboxylic acids is 1. The number of aromatic amines is 1. The minimum absolute atomic E-state index is 0.179. The summed E-state index contributed by atoms with van der Waals surface area (Å²) in [6.07, 6.45) is 2.24. The molecule has 232 valence electrons. The fourth-order valence-electron chi connectivity index (χ4n) is 6.15. The summed E-state index contributed by atoms with van der Waals surface area (Å²) in [4.78, 5) is 41.5.